The Hall–Kier alpha value is -0.610. The van der Waals surface area contributed by atoms with Gasteiger partial charge in [0.1, 0.15) is 5.60 Å². The first-order valence-corrected chi connectivity index (χ1v) is 5.50. The van der Waals surface area contributed by atoms with Crippen LogP contribution in [0.3, 0.4) is 0 Å². The van der Waals surface area contributed by atoms with E-state index in [1.54, 1.807) is 21.0 Å². The summed E-state index contributed by atoms with van der Waals surface area (Å²) in [4.78, 5) is 14.1. The summed E-state index contributed by atoms with van der Waals surface area (Å²) < 4.78 is 5.14. The summed E-state index contributed by atoms with van der Waals surface area (Å²) in [5.41, 5.74) is -0.719. The molecular formula is C11H22N2O2. The van der Waals surface area contributed by atoms with Gasteiger partial charge in [0, 0.05) is 13.2 Å². The second-order valence-corrected chi connectivity index (χ2v) is 4.77. The van der Waals surface area contributed by atoms with E-state index < -0.39 is 5.60 Å². The van der Waals surface area contributed by atoms with Gasteiger partial charge < -0.3 is 15.0 Å². The molecule has 1 saturated heterocycles. The van der Waals surface area contributed by atoms with Gasteiger partial charge in [0.25, 0.3) is 5.91 Å². The Morgan fingerprint density at radius 2 is 1.93 bits per heavy atom. The molecule has 0 bridgehead atoms. The van der Waals surface area contributed by atoms with Crippen LogP contribution in [0.5, 0.6) is 0 Å². The molecule has 0 unspecified atom stereocenters. The molecule has 0 spiro atoms. The molecule has 88 valence electrons. The van der Waals surface area contributed by atoms with Gasteiger partial charge in [-0.15, -0.1) is 0 Å². The molecule has 1 aliphatic heterocycles. The average Bonchev–Trinajstić information content (AvgIpc) is 2.21. The zero-order chi connectivity index (χ0) is 11.5. The molecule has 0 radical (unpaired) electrons. The molecule has 1 aliphatic rings. The number of piperidine rings is 1. The highest BCUT2D eigenvalue weighted by atomic mass is 16.5. The molecule has 0 aromatic heterocycles. The molecule has 4 heteroatoms. The smallest absolute Gasteiger partial charge is 0.251 e. The van der Waals surface area contributed by atoms with Crippen LogP contribution >= 0.6 is 0 Å². The molecule has 0 saturated carbocycles. The Morgan fingerprint density at radius 1 is 1.40 bits per heavy atom. The third-order valence-corrected chi connectivity index (χ3v) is 3.11. The molecule has 1 heterocycles. The second-order valence-electron chi connectivity index (χ2n) is 4.77. The topological polar surface area (TPSA) is 41.6 Å². The first-order valence-electron chi connectivity index (χ1n) is 5.50. The predicted molar refractivity (Wildman–Crippen MR) is 59.7 cm³/mol. The van der Waals surface area contributed by atoms with E-state index in [4.69, 9.17) is 4.74 Å². The highest BCUT2D eigenvalue weighted by molar-refractivity contribution is 5.84. The van der Waals surface area contributed by atoms with Crippen LogP contribution in [-0.2, 0) is 9.53 Å². The monoisotopic (exact) mass is 214 g/mol. The Kier molecular flexibility index (Phi) is 4.11. The van der Waals surface area contributed by atoms with Gasteiger partial charge in [0.05, 0.1) is 0 Å². The van der Waals surface area contributed by atoms with Crippen molar-refractivity contribution in [1.29, 1.82) is 0 Å². The van der Waals surface area contributed by atoms with Crippen LogP contribution in [0.4, 0.5) is 0 Å². The molecule has 0 atom stereocenters. The summed E-state index contributed by atoms with van der Waals surface area (Å²) in [5.74, 6) is -0.0143. The molecule has 1 rings (SSSR count). The maximum atomic E-state index is 11.8. The van der Waals surface area contributed by atoms with Crippen LogP contribution in [0.1, 0.15) is 26.7 Å². The number of nitrogens with one attached hydrogen (secondary N) is 1. The van der Waals surface area contributed by atoms with Crippen molar-refractivity contribution in [3.05, 3.63) is 0 Å². The van der Waals surface area contributed by atoms with E-state index in [2.05, 4.69) is 17.3 Å². The largest absolute Gasteiger partial charge is 0.369 e. The SMILES string of the molecule is COC(C)(C)C(=O)NC1CCN(C)CC1. The number of hydrogen-bond donors (Lipinski definition) is 1. The minimum atomic E-state index is -0.719. The van der Waals surface area contributed by atoms with Crippen molar-refractivity contribution < 1.29 is 9.53 Å². The average molecular weight is 214 g/mol. The first-order chi connectivity index (χ1) is 6.95. The number of hydrogen-bond acceptors (Lipinski definition) is 3. The van der Waals surface area contributed by atoms with Gasteiger partial charge in [0.2, 0.25) is 0 Å². The number of ether oxygens (including phenoxy) is 1. The maximum Gasteiger partial charge on any atom is 0.251 e. The Labute approximate surface area is 92.0 Å². The normalized spacial score (nSPS) is 20.3. The lowest BCUT2D eigenvalue weighted by molar-refractivity contribution is -0.140. The summed E-state index contributed by atoms with van der Waals surface area (Å²) in [6.07, 6.45) is 2.06. The summed E-state index contributed by atoms with van der Waals surface area (Å²) in [7, 11) is 3.67. The lowest BCUT2D eigenvalue weighted by atomic mass is 10.0. The second kappa shape index (κ2) is 4.94. The van der Waals surface area contributed by atoms with Crippen LogP contribution in [-0.4, -0.2) is 49.7 Å². The molecule has 0 aromatic carbocycles. The Morgan fingerprint density at radius 3 is 2.40 bits per heavy atom. The third-order valence-electron chi connectivity index (χ3n) is 3.11. The van der Waals surface area contributed by atoms with Crippen LogP contribution in [0, 0.1) is 0 Å². The molecule has 15 heavy (non-hydrogen) atoms. The molecule has 0 aromatic rings. The van der Waals surface area contributed by atoms with Crippen molar-refractivity contribution in [3.63, 3.8) is 0 Å². The summed E-state index contributed by atoms with van der Waals surface area (Å²) >= 11 is 0. The summed E-state index contributed by atoms with van der Waals surface area (Å²) in [6.45, 7) is 5.69. The van der Waals surface area contributed by atoms with E-state index in [-0.39, 0.29) is 5.91 Å². The van der Waals surface area contributed by atoms with E-state index in [9.17, 15) is 4.79 Å². The first kappa shape index (κ1) is 12.5. The fraction of sp³-hybridized carbons (Fsp3) is 0.909. The zero-order valence-corrected chi connectivity index (χ0v) is 10.2. The van der Waals surface area contributed by atoms with E-state index in [1.807, 2.05) is 0 Å². The molecule has 1 amide bonds. The fourth-order valence-electron chi connectivity index (χ4n) is 1.60. The minimum Gasteiger partial charge on any atom is -0.369 e. The number of rotatable bonds is 3. The molecular weight excluding hydrogens is 192 g/mol. The van der Waals surface area contributed by atoms with Crippen LogP contribution in [0.2, 0.25) is 0 Å². The molecule has 0 aliphatic carbocycles. The lowest BCUT2D eigenvalue weighted by Gasteiger charge is -2.32. The minimum absolute atomic E-state index is 0.0143. The lowest BCUT2D eigenvalue weighted by Crippen LogP contribution is -2.50. The van der Waals surface area contributed by atoms with E-state index >= 15 is 0 Å². The Bertz CT molecular complexity index is 221. The highest BCUT2D eigenvalue weighted by Gasteiger charge is 2.29. The maximum absolute atomic E-state index is 11.8. The number of nitrogens with zero attached hydrogens (tertiary/aromatic N) is 1. The van der Waals surface area contributed by atoms with Crippen molar-refractivity contribution in [1.82, 2.24) is 10.2 Å². The number of carbonyl (C=O) groups excluding carboxylic acids is 1. The summed E-state index contributed by atoms with van der Waals surface area (Å²) in [6, 6.07) is 0.308. The van der Waals surface area contributed by atoms with E-state index in [0.29, 0.717) is 6.04 Å². The number of carbonyl (C=O) groups is 1. The molecule has 4 nitrogen and oxygen atoms in total. The van der Waals surface area contributed by atoms with Gasteiger partial charge >= 0.3 is 0 Å². The van der Waals surface area contributed by atoms with Crippen LogP contribution < -0.4 is 5.32 Å². The van der Waals surface area contributed by atoms with Gasteiger partial charge in [-0.25, -0.2) is 0 Å². The zero-order valence-electron chi connectivity index (χ0n) is 10.2. The third kappa shape index (κ3) is 3.47. The van der Waals surface area contributed by atoms with Gasteiger partial charge in [-0.1, -0.05) is 0 Å². The van der Waals surface area contributed by atoms with Crippen molar-refractivity contribution in [2.75, 3.05) is 27.2 Å². The predicted octanol–water partition coefficient (Wildman–Crippen LogP) is 0.622. The summed E-state index contributed by atoms with van der Waals surface area (Å²) in [5, 5.41) is 3.04. The quantitative estimate of drug-likeness (QED) is 0.749. The van der Waals surface area contributed by atoms with Crippen molar-refractivity contribution >= 4 is 5.91 Å². The Balaban J connectivity index is 2.39. The number of likely N-dealkylation sites (tertiary alicyclic amines) is 1. The standard InChI is InChI=1S/C11H22N2O2/c1-11(2,15-4)10(14)12-9-5-7-13(3)8-6-9/h9H,5-8H2,1-4H3,(H,12,14). The number of methoxy groups -OCH3 is 1. The van der Waals surface area contributed by atoms with Gasteiger partial charge in [-0.3, -0.25) is 4.79 Å². The van der Waals surface area contributed by atoms with Crippen molar-refractivity contribution in [2.24, 2.45) is 0 Å². The van der Waals surface area contributed by atoms with Crippen molar-refractivity contribution in [3.8, 4) is 0 Å². The van der Waals surface area contributed by atoms with E-state index in [1.165, 1.54) is 0 Å². The highest BCUT2D eigenvalue weighted by Crippen LogP contribution is 2.12. The molecule has 1 N–H and O–H groups in total. The van der Waals surface area contributed by atoms with Gasteiger partial charge in [0.15, 0.2) is 0 Å². The molecule has 1 fully saturated rings. The van der Waals surface area contributed by atoms with Crippen LogP contribution in [0.15, 0.2) is 0 Å². The van der Waals surface area contributed by atoms with E-state index in [0.717, 1.165) is 25.9 Å². The van der Waals surface area contributed by atoms with Crippen molar-refractivity contribution in [2.45, 2.75) is 38.3 Å². The van der Waals surface area contributed by atoms with Gasteiger partial charge in [-0.2, -0.15) is 0 Å². The fourth-order valence-corrected chi connectivity index (χ4v) is 1.60. The van der Waals surface area contributed by atoms with Crippen LogP contribution in [0.25, 0.3) is 0 Å². The van der Waals surface area contributed by atoms with Gasteiger partial charge in [-0.05, 0) is 46.8 Å². The number of amides is 1.